The van der Waals surface area contributed by atoms with Crippen molar-refractivity contribution in [2.24, 2.45) is 4.99 Å². The van der Waals surface area contributed by atoms with Gasteiger partial charge in [-0.1, -0.05) is 0 Å². The zero-order chi connectivity index (χ0) is 19.2. The van der Waals surface area contributed by atoms with Gasteiger partial charge in [0.1, 0.15) is 23.3 Å². The lowest BCUT2D eigenvalue weighted by Crippen LogP contribution is -2.44. The molecule has 3 aliphatic heterocycles. The minimum Gasteiger partial charge on any atom is -0.389 e. The quantitative estimate of drug-likeness (QED) is 0.883. The average Bonchev–Trinajstić information content (AvgIpc) is 3.23. The van der Waals surface area contributed by atoms with Gasteiger partial charge >= 0.3 is 0 Å². The predicted molar refractivity (Wildman–Crippen MR) is 99.4 cm³/mol. The Morgan fingerprint density at radius 2 is 2.11 bits per heavy atom. The molecule has 0 radical (unpaired) electrons. The molecule has 144 valence electrons. The molecule has 0 unspecified atom stereocenters. The first-order valence-corrected chi connectivity index (χ1v) is 9.27. The third kappa shape index (κ3) is 3.61. The Hall–Kier alpha value is -2.25. The molecule has 3 aliphatic rings. The van der Waals surface area contributed by atoms with Crippen LogP contribution in [0.1, 0.15) is 38.3 Å². The van der Waals surface area contributed by atoms with Crippen molar-refractivity contribution < 1.29 is 13.9 Å². The van der Waals surface area contributed by atoms with Crippen molar-refractivity contribution in [3.8, 4) is 0 Å². The summed E-state index contributed by atoms with van der Waals surface area (Å²) in [5, 5.41) is 14.0. The molecule has 0 amide bonds. The molecule has 4 rings (SSSR count). The molecule has 0 bridgehead atoms. The fraction of sp³-hybridized carbons (Fsp3) is 0.450. The van der Waals surface area contributed by atoms with Gasteiger partial charge in [0, 0.05) is 31.4 Å². The second-order valence-corrected chi connectivity index (χ2v) is 7.87. The smallest absolute Gasteiger partial charge is 0.146 e. The summed E-state index contributed by atoms with van der Waals surface area (Å²) in [6.07, 6.45) is 7.49. The van der Waals surface area contributed by atoms with E-state index in [2.05, 4.69) is 0 Å². The van der Waals surface area contributed by atoms with Crippen LogP contribution in [0, 0.1) is 11.6 Å². The van der Waals surface area contributed by atoms with Crippen molar-refractivity contribution >= 4 is 5.84 Å². The van der Waals surface area contributed by atoms with Crippen molar-refractivity contribution in [3.05, 3.63) is 59.6 Å². The van der Waals surface area contributed by atoms with Crippen LogP contribution in [0.15, 0.2) is 47.4 Å². The molecule has 0 spiro atoms. The van der Waals surface area contributed by atoms with E-state index in [1.165, 1.54) is 12.1 Å². The number of fused-ring (bicyclic) bond motifs is 1. The highest BCUT2D eigenvalue weighted by Crippen LogP contribution is 2.36. The maximum Gasteiger partial charge on any atom is 0.146 e. The lowest BCUT2D eigenvalue weighted by atomic mass is 10.0. The van der Waals surface area contributed by atoms with Gasteiger partial charge in [0.15, 0.2) is 0 Å². The molecule has 5 nitrogen and oxygen atoms in total. The van der Waals surface area contributed by atoms with Crippen LogP contribution in [-0.2, 0) is 0 Å². The van der Waals surface area contributed by atoms with Crippen molar-refractivity contribution in [3.63, 3.8) is 0 Å². The van der Waals surface area contributed by atoms with Crippen molar-refractivity contribution in [2.45, 2.75) is 38.3 Å². The van der Waals surface area contributed by atoms with E-state index in [1.807, 2.05) is 33.3 Å². The number of benzene rings is 1. The minimum absolute atomic E-state index is 0.217. The highest BCUT2D eigenvalue weighted by Gasteiger charge is 2.34. The zero-order valence-electron chi connectivity index (χ0n) is 15.6. The highest BCUT2D eigenvalue weighted by atomic mass is 19.1. The molecule has 27 heavy (non-hydrogen) atoms. The summed E-state index contributed by atoms with van der Waals surface area (Å²) in [7, 11) is 0. The van der Waals surface area contributed by atoms with Gasteiger partial charge in [0.2, 0.25) is 0 Å². The fourth-order valence-corrected chi connectivity index (χ4v) is 3.95. The molecular formula is C20H24F2N4O. The minimum atomic E-state index is -0.809. The molecule has 0 saturated carbocycles. The predicted octanol–water partition coefficient (Wildman–Crippen LogP) is 3.17. The number of halogens is 2. The summed E-state index contributed by atoms with van der Waals surface area (Å²) >= 11 is 0. The Bertz CT molecular complexity index is 828. The topological polar surface area (TPSA) is 42.3 Å². The maximum absolute atomic E-state index is 14.3. The number of rotatable bonds is 3. The molecule has 0 aliphatic carbocycles. The lowest BCUT2D eigenvalue weighted by Gasteiger charge is -2.35. The monoisotopic (exact) mass is 374 g/mol. The number of hydrazine groups is 1. The second kappa shape index (κ2) is 6.73. The second-order valence-electron chi connectivity index (χ2n) is 7.87. The Morgan fingerprint density at radius 3 is 2.89 bits per heavy atom. The summed E-state index contributed by atoms with van der Waals surface area (Å²) in [6.45, 7) is 5.46. The fourth-order valence-electron chi connectivity index (χ4n) is 3.95. The van der Waals surface area contributed by atoms with E-state index >= 15 is 0 Å². The zero-order valence-corrected chi connectivity index (χ0v) is 15.6. The van der Waals surface area contributed by atoms with Crippen LogP contribution < -0.4 is 0 Å². The van der Waals surface area contributed by atoms with Gasteiger partial charge in [-0.05, 0) is 57.0 Å². The third-order valence-corrected chi connectivity index (χ3v) is 5.05. The molecule has 1 atom stereocenters. The van der Waals surface area contributed by atoms with E-state index in [0.717, 1.165) is 37.1 Å². The van der Waals surface area contributed by atoms with E-state index in [4.69, 9.17) is 4.99 Å². The van der Waals surface area contributed by atoms with E-state index in [9.17, 15) is 13.9 Å². The van der Waals surface area contributed by atoms with Crippen LogP contribution >= 0.6 is 0 Å². The summed E-state index contributed by atoms with van der Waals surface area (Å²) in [4.78, 5) is 6.78. The van der Waals surface area contributed by atoms with Gasteiger partial charge in [0.05, 0.1) is 11.6 Å². The molecule has 7 heteroatoms. The molecule has 0 aromatic heterocycles. The van der Waals surface area contributed by atoms with Gasteiger partial charge < -0.3 is 10.0 Å². The van der Waals surface area contributed by atoms with Gasteiger partial charge in [0.25, 0.3) is 0 Å². The van der Waals surface area contributed by atoms with Crippen LogP contribution in [0.4, 0.5) is 8.78 Å². The average molecular weight is 374 g/mol. The largest absolute Gasteiger partial charge is 0.389 e. The summed E-state index contributed by atoms with van der Waals surface area (Å²) in [5.74, 6) is 0.744. The van der Waals surface area contributed by atoms with Crippen molar-refractivity contribution in [2.75, 3.05) is 19.6 Å². The van der Waals surface area contributed by atoms with E-state index in [1.54, 1.807) is 13.8 Å². The maximum atomic E-state index is 14.3. The number of amidine groups is 1. The number of hydrogen-bond acceptors (Lipinski definition) is 5. The van der Waals surface area contributed by atoms with Crippen LogP contribution in [0.5, 0.6) is 0 Å². The van der Waals surface area contributed by atoms with E-state index in [0.29, 0.717) is 18.7 Å². The number of aliphatic hydroxyl groups is 1. The first-order chi connectivity index (χ1) is 12.8. The number of hydrogen-bond donors (Lipinski definition) is 1. The van der Waals surface area contributed by atoms with E-state index in [-0.39, 0.29) is 11.9 Å². The lowest BCUT2D eigenvalue weighted by molar-refractivity contribution is -0.0177. The highest BCUT2D eigenvalue weighted by molar-refractivity contribution is 5.95. The third-order valence-electron chi connectivity index (χ3n) is 5.05. The molecule has 1 N–H and O–H groups in total. The Kier molecular flexibility index (Phi) is 4.52. The SMILES string of the molecule is CC(C)(O)CN1CC=C2N=C(N3CCC[C@@H]3c3cc(F)ccc3F)C=CN21. The Morgan fingerprint density at radius 1 is 1.30 bits per heavy atom. The molecular weight excluding hydrogens is 350 g/mol. The van der Waals surface area contributed by atoms with Crippen LogP contribution in [0.3, 0.4) is 0 Å². The van der Waals surface area contributed by atoms with Gasteiger partial charge in [-0.3, -0.25) is 5.01 Å². The van der Waals surface area contributed by atoms with Crippen molar-refractivity contribution in [1.29, 1.82) is 0 Å². The first-order valence-electron chi connectivity index (χ1n) is 9.27. The number of aliphatic imine (C=N–C) groups is 1. The number of nitrogens with zero attached hydrogens (tertiary/aromatic N) is 4. The molecule has 1 aromatic carbocycles. The molecule has 1 aromatic rings. The normalized spacial score (nSPS) is 22.9. The molecule has 3 heterocycles. The summed E-state index contributed by atoms with van der Waals surface area (Å²) < 4.78 is 27.9. The van der Waals surface area contributed by atoms with Gasteiger partial charge in [-0.15, -0.1) is 0 Å². The summed E-state index contributed by atoms with van der Waals surface area (Å²) in [6, 6.07) is 3.41. The number of β-amino-alcohol motifs (C(OH)–C–C–N with tert-alkyl or cyclic N) is 1. The Labute approximate surface area is 157 Å². The Balaban J connectivity index is 1.55. The first kappa shape index (κ1) is 18.1. The van der Waals surface area contributed by atoms with Crippen molar-refractivity contribution in [1.82, 2.24) is 14.9 Å². The van der Waals surface area contributed by atoms with Crippen LogP contribution in [0.25, 0.3) is 0 Å². The number of likely N-dealkylation sites (tertiary alicyclic amines) is 1. The standard InChI is InChI=1S/C20H24F2N4O/c1-20(2,27)13-24-10-7-19-23-18(8-11-26(19)24)25-9-3-4-17(25)15-12-14(21)5-6-16(15)22/h5-8,11-12,17,27H,3-4,9-10,13H2,1-2H3/t17-/m1/s1. The van der Waals surface area contributed by atoms with E-state index < -0.39 is 11.4 Å². The van der Waals surface area contributed by atoms with Crippen LogP contribution in [-0.4, -0.2) is 51.1 Å². The van der Waals surface area contributed by atoms with Crippen LogP contribution in [0.2, 0.25) is 0 Å². The van der Waals surface area contributed by atoms with Gasteiger partial charge in [-0.2, -0.15) is 0 Å². The van der Waals surface area contributed by atoms with Gasteiger partial charge in [-0.25, -0.2) is 18.8 Å². The summed E-state index contributed by atoms with van der Waals surface area (Å²) in [5.41, 5.74) is -0.425. The molecule has 1 fully saturated rings. The molecule has 1 saturated heterocycles.